The Morgan fingerprint density at radius 1 is 0.969 bits per heavy atom. The van der Waals surface area contributed by atoms with Gasteiger partial charge in [-0.15, -0.1) is 0 Å². The minimum atomic E-state index is -0.998. The first-order valence-electron chi connectivity index (χ1n) is 11.0. The van der Waals surface area contributed by atoms with Gasteiger partial charge in [-0.3, -0.25) is 9.59 Å². The summed E-state index contributed by atoms with van der Waals surface area (Å²) in [5.74, 6) is -1.63. The second kappa shape index (κ2) is 10.3. The van der Waals surface area contributed by atoms with Gasteiger partial charge >= 0.3 is 12.1 Å². The van der Waals surface area contributed by atoms with Gasteiger partial charge in [0.25, 0.3) is 0 Å². The molecule has 1 aliphatic carbocycles. The van der Waals surface area contributed by atoms with Crippen LogP contribution in [0.2, 0.25) is 0 Å². The summed E-state index contributed by atoms with van der Waals surface area (Å²) >= 11 is 0. The molecule has 3 atom stereocenters. The number of carboxylic acid groups (broad SMARTS) is 1. The minimum Gasteiger partial charge on any atom is -0.481 e. The SMILES string of the molecule is CCC(C)[C@H](NC(=O)OCC1c2ccccc2-c2ccccc21)C(=O)N[C@@H](C)CC(=O)O. The van der Waals surface area contributed by atoms with Gasteiger partial charge in [0, 0.05) is 12.0 Å². The Balaban J connectivity index is 1.66. The van der Waals surface area contributed by atoms with E-state index in [-0.39, 0.29) is 24.9 Å². The summed E-state index contributed by atoms with van der Waals surface area (Å²) in [4.78, 5) is 36.2. The molecular weight excluding hydrogens is 408 g/mol. The lowest BCUT2D eigenvalue weighted by Gasteiger charge is -2.25. The van der Waals surface area contributed by atoms with Crippen molar-refractivity contribution in [3.8, 4) is 11.1 Å². The molecule has 0 radical (unpaired) electrons. The van der Waals surface area contributed by atoms with Crippen molar-refractivity contribution in [1.29, 1.82) is 0 Å². The van der Waals surface area contributed by atoms with E-state index in [1.807, 2.05) is 50.2 Å². The fourth-order valence-electron chi connectivity index (χ4n) is 4.11. The summed E-state index contributed by atoms with van der Waals surface area (Å²) in [7, 11) is 0. The Morgan fingerprint density at radius 2 is 1.53 bits per heavy atom. The number of benzene rings is 2. The number of rotatable bonds is 9. The predicted molar refractivity (Wildman–Crippen MR) is 121 cm³/mol. The summed E-state index contributed by atoms with van der Waals surface area (Å²) in [5.41, 5.74) is 4.50. The molecule has 1 unspecified atom stereocenters. The van der Waals surface area contributed by atoms with E-state index in [0.717, 1.165) is 22.3 Å². The number of nitrogens with one attached hydrogen (secondary N) is 2. The van der Waals surface area contributed by atoms with Gasteiger partial charge in [0.1, 0.15) is 12.6 Å². The van der Waals surface area contributed by atoms with E-state index in [1.165, 1.54) is 0 Å². The van der Waals surface area contributed by atoms with E-state index in [4.69, 9.17) is 9.84 Å². The largest absolute Gasteiger partial charge is 0.481 e. The predicted octanol–water partition coefficient (Wildman–Crippen LogP) is 3.92. The molecule has 0 saturated carbocycles. The lowest BCUT2D eigenvalue weighted by Crippen LogP contribution is -2.52. The molecule has 0 fully saturated rings. The summed E-state index contributed by atoms with van der Waals surface area (Å²) < 4.78 is 5.56. The van der Waals surface area contributed by atoms with E-state index in [0.29, 0.717) is 6.42 Å². The second-order valence-corrected chi connectivity index (χ2v) is 8.34. The molecule has 0 aliphatic heterocycles. The number of carbonyl (C=O) groups is 3. The van der Waals surface area contributed by atoms with Gasteiger partial charge < -0.3 is 20.5 Å². The number of amides is 2. The first-order valence-corrected chi connectivity index (χ1v) is 11.0. The monoisotopic (exact) mass is 438 g/mol. The van der Waals surface area contributed by atoms with Crippen molar-refractivity contribution < 1.29 is 24.2 Å². The number of alkyl carbamates (subject to hydrolysis) is 1. The number of hydrogen-bond donors (Lipinski definition) is 3. The third-order valence-corrected chi connectivity index (χ3v) is 5.98. The highest BCUT2D eigenvalue weighted by molar-refractivity contribution is 5.86. The Bertz CT molecular complexity index is 944. The molecular formula is C25H30N2O5. The zero-order valence-electron chi connectivity index (χ0n) is 18.6. The van der Waals surface area contributed by atoms with Gasteiger partial charge in [-0.25, -0.2) is 4.79 Å². The lowest BCUT2D eigenvalue weighted by molar-refractivity contribution is -0.137. The lowest BCUT2D eigenvalue weighted by atomic mass is 9.98. The number of aliphatic carboxylic acids is 1. The molecule has 0 bridgehead atoms. The van der Waals surface area contributed by atoms with Gasteiger partial charge in [0.05, 0.1) is 6.42 Å². The molecule has 0 spiro atoms. The van der Waals surface area contributed by atoms with E-state index in [1.54, 1.807) is 6.92 Å². The van der Waals surface area contributed by atoms with Crippen LogP contribution in [0, 0.1) is 5.92 Å². The van der Waals surface area contributed by atoms with Crippen LogP contribution in [0.4, 0.5) is 4.79 Å². The molecule has 2 amide bonds. The maximum atomic E-state index is 12.7. The molecule has 2 aromatic carbocycles. The Kier molecular flexibility index (Phi) is 7.51. The van der Waals surface area contributed by atoms with Crippen LogP contribution in [0.1, 0.15) is 50.7 Å². The highest BCUT2D eigenvalue weighted by Gasteiger charge is 2.31. The maximum Gasteiger partial charge on any atom is 0.407 e. The molecule has 3 N–H and O–H groups in total. The number of carboxylic acids is 1. The van der Waals surface area contributed by atoms with Gasteiger partial charge in [0.2, 0.25) is 5.91 Å². The standard InChI is InChI=1S/C25H30N2O5/c1-4-15(2)23(24(30)26-16(3)13-22(28)29)27-25(31)32-14-21-19-11-7-5-9-17(19)18-10-6-8-12-20(18)21/h5-12,15-16,21,23H,4,13-14H2,1-3H3,(H,26,30)(H,27,31)(H,28,29)/t15?,16-,23-/m0/s1. The molecule has 32 heavy (non-hydrogen) atoms. The van der Waals surface area contributed by atoms with E-state index >= 15 is 0 Å². The normalized spacial score (nSPS) is 15.1. The highest BCUT2D eigenvalue weighted by atomic mass is 16.5. The van der Waals surface area contributed by atoms with Gasteiger partial charge in [-0.1, -0.05) is 68.8 Å². The maximum absolute atomic E-state index is 12.7. The van der Waals surface area contributed by atoms with Crippen LogP contribution >= 0.6 is 0 Å². The molecule has 2 aromatic rings. The zero-order valence-corrected chi connectivity index (χ0v) is 18.6. The van der Waals surface area contributed by atoms with Gasteiger partial charge in [-0.05, 0) is 35.1 Å². The molecule has 0 saturated heterocycles. The summed E-state index contributed by atoms with van der Waals surface area (Å²) in [6, 6.07) is 14.8. The number of carbonyl (C=O) groups excluding carboxylic acids is 2. The molecule has 0 heterocycles. The van der Waals surface area contributed by atoms with E-state index in [9.17, 15) is 14.4 Å². The molecule has 1 aliphatic rings. The number of fused-ring (bicyclic) bond motifs is 3. The van der Waals surface area contributed by atoms with Gasteiger partial charge in [0.15, 0.2) is 0 Å². The topological polar surface area (TPSA) is 105 Å². The van der Waals surface area contributed by atoms with Crippen molar-refractivity contribution in [1.82, 2.24) is 10.6 Å². The average molecular weight is 439 g/mol. The molecule has 7 nitrogen and oxygen atoms in total. The molecule has 3 rings (SSSR count). The first kappa shape index (κ1) is 23.3. The summed E-state index contributed by atoms with van der Waals surface area (Å²) in [6.45, 7) is 5.55. The van der Waals surface area contributed by atoms with Crippen molar-refractivity contribution in [2.75, 3.05) is 6.61 Å². The van der Waals surface area contributed by atoms with E-state index in [2.05, 4.69) is 22.8 Å². The zero-order chi connectivity index (χ0) is 23.3. The number of ether oxygens (including phenoxy) is 1. The van der Waals surface area contributed by atoms with Crippen LogP contribution in [-0.4, -0.2) is 41.8 Å². The van der Waals surface area contributed by atoms with Crippen LogP contribution in [-0.2, 0) is 14.3 Å². The highest BCUT2D eigenvalue weighted by Crippen LogP contribution is 2.44. The first-order chi connectivity index (χ1) is 15.3. The van der Waals surface area contributed by atoms with Crippen molar-refractivity contribution in [2.24, 2.45) is 5.92 Å². The molecule has 0 aromatic heterocycles. The smallest absolute Gasteiger partial charge is 0.407 e. The van der Waals surface area contributed by atoms with Crippen molar-refractivity contribution in [3.63, 3.8) is 0 Å². The van der Waals surface area contributed by atoms with Crippen molar-refractivity contribution in [3.05, 3.63) is 59.7 Å². The van der Waals surface area contributed by atoms with Crippen LogP contribution in [0.25, 0.3) is 11.1 Å². The fourth-order valence-corrected chi connectivity index (χ4v) is 4.11. The molecule has 7 heteroatoms. The second-order valence-electron chi connectivity index (χ2n) is 8.34. The van der Waals surface area contributed by atoms with Crippen LogP contribution < -0.4 is 10.6 Å². The Hall–Kier alpha value is -3.35. The van der Waals surface area contributed by atoms with Crippen molar-refractivity contribution in [2.45, 2.75) is 51.6 Å². The van der Waals surface area contributed by atoms with Crippen molar-refractivity contribution >= 4 is 18.0 Å². The van der Waals surface area contributed by atoms with E-state index < -0.39 is 30.1 Å². The van der Waals surface area contributed by atoms with Gasteiger partial charge in [-0.2, -0.15) is 0 Å². The summed E-state index contributed by atoms with van der Waals surface area (Å²) in [6.07, 6.45) is -0.197. The minimum absolute atomic E-state index is 0.0698. The fraction of sp³-hybridized carbons (Fsp3) is 0.400. The van der Waals surface area contributed by atoms with Crippen LogP contribution in [0.15, 0.2) is 48.5 Å². The number of hydrogen-bond acceptors (Lipinski definition) is 4. The third-order valence-electron chi connectivity index (χ3n) is 5.98. The Labute approximate surface area is 188 Å². The third kappa shape index (κ3) is 5.28. The average Bonchev–Trinajstić information content (AvgIpc) is 3.08. The summed E-state index contributed by atoms with van der Waals surface area (Å²) in [5, 5.41) is 14.3. The quantitative estimate of drug-likeness (QED) is 0.550. The van der Waals surface area contributed by atoms with Crippen LogP contribution in [0.5, 0.6) is 0 Å². The molecule has 170 valence electrons. The Morgan fingerprint density at radius 3 is 2.06 bits per heavy atom. The van der Waals surface area contributed by atoms with Crippen LogP contribution in [0.3, 0.4) is 0 Å².